The van der Waals surface area contributed by atoms with Crippen LogP contribution in [0.2, 0.25) is 10.0 Å². The Morgan fingerprint density at radius 3 is 2.16 bits per heavy atom. The third-order valence-electron chi connectivity index (χ3n) is 5.39. The van der Waals surface area contributed by atoms with Gasteiger partial charge in [-0.25, -0.2) is 0 Å². The highest BCUT2D eigenvalue weighted by Gasteiger charge is 2.32. The molecule has 3 rings (SSSR count). The molecule has 1 unspecified atom stereocenters. The van der Waals surface area contributed by atoms with Gasteiger partial charge in [0.15, 0.2) is 0 Å². The van der Waals surface area contributed by atoms with Crippen molar-refractivity contribution in [3.63, 3.8) is 0 Å². The van der Waals surface area contributed by atoms with Gasteiger partial charge in [-0.15, -0.1) is 0 Å². The monoisotopic (exact) mass is 478 g/mol. The van der Waals surface area contributed by atoms with Crippen molar-refractivity contribution in [2.24, 2.45) is 5.92 Å². The maximum atomic E-state index is 13.2. The fraction of sp³-hybridized carbons (Fsp3) is 0.364. The van der Waals surface area contributed by atoms with Crippen LogP contribution in [0.5, 0.6) is 0 Å². The maximum Gasteiger partial charge on any atom is 0.294 e. The number of nitrogens with one attached hydrogen (secondary N) is 1. The summed E-state index contributed by atoms with van der Waals surface area (Å²) in [7, 11) is 0. The zero-order chi connectivity index (χ0) is 23.4. The number of nitro groups is 1. The van der Waals surface area contributed by atoms with Gasteiger partial charge >= 0.3 is 0 Å². The summed E-state index contributed by atoms with van der Waals surface area (Å²) in [6.07, 6.45) is 0. The van der Waals surface area contributed by atoms with E-state index in [9.17, 15) is 19.7 Å². The Bertz CT molecular complexity index is 1010. The molecule has 0 bridgehead atoms. The van der Waals surface area contributed by atoms with E-state index in [0.29, 0.717) is 47.5 Å². The van der Waals surface area contributed by atoms with E-state index in [1.54, 1.807) is 41.3 Å². The Balaban J connectivity index is 1.67. The van der Waals surface area contributed by atoms with E-state index >= 15 is 0 Å². The first-order chi connectivity index (χ1) is 15.2. The highest BCUT2D eigenvalue weighted by molar-refractivity contribution is 6.31. The summed E-state index contributed by atoms with van der Waals surface area (Å²) in [6.45, 7) is 5.39. The van der Waals surface area contributed by atoms with Crippen molar-refractivity contribution in [2.45, 2.75) is 19.9 Å². The van der Waals surface area contributed by atoms with Gasteiger partial charge in [0.1, 0.15) is 11.7 Å². The number of piperazine rings is 1. The summed E-state index contributed by atoms with van der Waals surface area (Å²) in [5.74, 6) is -0.633. The van der Waals surface area contributed by atoms with Crippen LogP contribution in [0.15, 0.2) is 42.5 Å². The minimum Gasteiger partial charge on any atom is -0.362 e. The number of hydrogen-bond acceptors (Lipinski definition) is 5. The SMILES string of the molecule is CC(C)C(NC(=O)c1ccc(Cl)cc1)C(=O)N1CCN(c2ccc(Cl)cc2[N+](=O)[O-])CC1. The van der Waals surface area contributed by atoms with Gasteiger partial charge < -0.3 is 15.1 Å². The van der Waals surface area contributed by atoms with E-state index in [1.165, 1.54) is 6.07 Å². The zero-order valence-corrected chi connectivity index (χ0v) is 19.3. The molecule has 0 radical (unpaired) electrons. The van der Waals surface area contributed by atoms with Crippen LogP contribution in [0.25, 0.3) is 0 Å². The molecule has 0 aromatic heterocycles. The van der Waals surface area contributed by atoms with Gasteiger partial charge in [-0.1, -0.05) is 37.0 Å². The molecule has 1 fully saturated rings. The molecule has 1 atom stereocenters. The molecular weight excluding hydrogens is 455 g/mol. The van der Waals surface area contributed by atoms with E-state index in [0.717, 1.165) is 0 Å². The van der Waals surface area contributed by atoms with Crippen LogP contribution in [-0.2, 0) is 4.79 Å². The molecule has 2 amide bonds. The number of rotatable bonds is 6. The van der Waals surface area contributed by atoms with Crippen molar-refractivity contribution in [3.05, 3.63) is 68.2 Å². The number of carbonyl (C=O) groups is 2. The minimum absolute atomic E-state index is 0.0624. The number of benzene rings is 2. The number of hydrogen-bond donors (Lipinski definition) is 1. The molecule has 10 heteroatoms. The molecule has 8 nitrogen and oxygen atoms in total. The van der Waals surface area contributed by atoms with Crippen LogP contribution in [0, 0.1) is 16.0 Å². The number of carbonyl (C=O) groups excluding carboxylic acids is 2. The van der Waals surface area contributed by atoms with Crippen LogP contribution in [0.1, 0.15) is 24.2 Å². The van der Waals surface area contributed by atoms with E-state index in [2.05, 4.69) is 5.32 Å². The lowest BCUT2D eigenvalue weighted by molar-refractivity contribution is -0.384. The fourth-order valence-electron chi connectivity index (χ4n) is 3.61. The zero-order valence-electron chi connectivity index (χ0n) is 17.8. The molecular formula is C22H24Cl2N4O4. The third-order valence-corrected chi connectivity index (χ3v) is 5.88. The lowest BCUT2D eigenvalue weighted by atomic mass is 10.0. The van der Waals surface area contributed by atoms with Crippen molar-refractivity contribution >= 4 is 46.4 Å². The summed E-state index contributed by atoms with van der Waals surface area (Å²) >= 11 is 11.8. The van der Waals surface area contributed by atoms with Gasteiger partial charge in [0.05, 0.1) is 4.92 Å². The second-order valence-corrected chi connectivity index (χ2v) is 8.78. The summed E-state index contributed by atoms with van der Waals surface area (Å²) in [4.78, 5) is 40.3. The molecule has 0 saturated carbocycles. The van der Waals surface area contributed by atoms with Crippen molar-refractivity contribution < 1.29 is 14.5 Å². The summed E-state index contributed by atoms with van der Waals surface area (Å²) in [5.41, 5.74) is 0.836. The normalized spacial score (nSPS) is 14.9. The highest BCUT2D eigenvalue weighted by atomic mass is 35.5. The lowest BCUT2D eigenvalue weighted by Crippen LogP contribution is -2.56. The van der Waals surface area contributed by atoms with E-state index in [4.69, 9.17) is 23.2 Å². The Morgan fingerprint density at radius 1 is 1.00 bits per heavy atom. The van der Waals surface area contributed by atoms with Gasteiger partial charge in [0, 0.05) is 47.9 Å². The smallest absolute Gasteiger partial charge is 0.294 e. The number of nitro benzene ring substituents is 1. The fourth-order valence-corrected chi connectivity index (χ4v) is 3.91. The molecule has 1 N–H and O–H groups in total. The van der Waals surface area contributed by atoms with Crippen molar-refractivity contribution in [3.8, 4) is 0 Å². The van der Waals surface area contributed by atoms with Gasteiger partial charge in [-0.3, -0.25) is 19.7 Å². The van der Waals surface area contributed by atoms with Crippen molar-refractivity contribution in [2.75, 3.05) is 31.1 Å². The summed E-state index contributed by atoms with van der Waals surface area (Å²) < 4.78 is 0. The van der Waals surface area contributed by atoms with Crippen LogP contribution in [0.3, 0.4) is 0 Å². The molecule has 1 aliphatic rings. The predicted octanol–water partition coefficient (Wildman–Crippen LogP) is 4.00. The number of nitrogens with zero attached hydrogens (tertiary/aromatic N) is 3. The second-order valence-electron chi connectivity index (χ2n) is 7.90. The summed E-state index contributed by atoms with van der Waals surface area (Å²) in [6, 6.07) is 10.3. The molecule has 32 heavy (non-hydrogen) atoms. The second kappa shape index (κ2) is 10.2. The van der Waals surface area contributed by atoms with Crippen molar-refractivity contribution in [1.29, 1.82) is 0 Å². The average Bonchev–Trinajstić information content (AvgIpc) is 2.77. The number of halogens is 2. The Morgan fingerprint density at radius 2 is 1.59 bits per heavy atom. The third kappa shape index (κ3) is 5.49. The van der Waals surface area contributed by atoms with Gasteiger partial charge in [0.25, 0.3) is 11.6 Å². The largest absolute Gasteiger partial charge is 0.362 e. The average molecular weight is 479 g/mol. The molecule has 2 aromatic carbocycles. The van der Waals surface area contributed by atoms with Crippen molar-refractivity contribution in [1.82, 2.24) is 10.2 Å². The Hall–Kier alpha value is -2.84. The Labute approximate surface area is 196 Å². The highest BCUT2D eigenvalue weighted by Crippen LogP contribution is 2.31. The molecule has 1 aliphatic heterocycles. The number of anilines is 1. The lowest BCUT2D eigenvalue weighted by Gasteiger charge is -2.38. The van der Waals surface area contributed by atoms with E-state index < -0.39 is 11.0 Å². The molecule has 1 saturated heterocycles. The standard InChI is InChI=1S/C22H24Cl2N4O4/c1-14(2)20(25-21(29)15-3-5-16(23)6-4-15)22(30)27-11-9-26(10-12-27)18-8-7-17(24)13-19(18)28(31)32/h3-8,13-14,20H,9-12H2,1-2H3,(H,25,29). The van der Waals surface area contributed by atoms with E-state index in [-0.39, 0.29) is 23.4 Å². The van der Waals surface area contributed by atoms with Gasteiger partial charge in [0.2, 0.25) is 5.91 Å². The molecule has 170 valence electrons. The minimum atomic E-state index is -0.686. The molecule has 2 aromatic rings. The van der Waals surface area contributed by atoms with Crippen LogP contribution in [0.4, 0.5) is 11.4 Å². The quantitative estimate of drug-likeness (QED) is 0.499. The summed E-state index contributed by atoms with van der Waals surface area (Å²) in [5, 5.41) is 15.1. The van der Waals surface area contributed by atoms with Crippen LogP contribution in [-0.4, -0.2) is 53.9 Å². The first-order valence-corrected chi connectivity index (χ1v) is 11.0. The van der Waals surface area contributed by atoms with Crippen LogP contribution < -0.4 is 10.2 Å². The first-order valence-electron chi connectivity index (χ1n) is 10.2. The van der Waals surface area contributed by atoms with Crippen LogP contribution >= 0.6 is 23.2 Å². The van der Waals surface area contributed by atoms with Gasteiger partial charge in [-0.05, 0) is 42.3 Å². The maximum absolute atomic E-state index is 13.2. The molecule has 0 spiro atoms. The first kappa shape index (κ1) is 23.8. The predicted molar refractivity (Wildman–Crippen MR) is 124 cm³/mol. The van der Waals surface area contributed by atoms with Gasteiger partial charge in [-0.2, -0.15) is 0 Å². The molecule has 1 heterocycles. The Kier molecular flexibility index (Phi) is 7.58. The molecule has 0 aliphatic carbocycles. The van der Waals surface area contributed by atoms with E-state index in [1.807, 2.05) is 18.7 Å². The topological polar surface area (TPSA) is 95.8 Å². The number of amides is 2.